The van der Waals surface area contributed by atoms with Crippen molar-refractivity contribution < 1.29 is 37.1 Å². The predicted molar refractivity (Wildman–Crippen MR) is 163 cm³/mol. The lowest BCUT2D eigenvalue weighted by molar-refractivity contribution is -0.384. The van der Waals surface area contributed by atoms with Gasteiger partial charge in [-0.25, -0.2) is 0 Å². The van der Waals surface area contributed by atoms with Crippen LogP contribution in [0.5, 0.6) is 0 Å². The highest BCUT2D eigenvalue weighted by Gasteiger charge is 2.40. The molecule has 0 bridgehead atoms. The molecule has 0 amide bonds. The Labute approximate surface area is 258 Å². The zero-order valence-electron chi connectivity index (χ0n) is 26.6. The zero-order chi connectivity index (χ0) is 32.5. The maximum Gasteiger partial charge on any atom is 0.334 e. The molecule has 1 unspecified atom stereocenters. The fraction of sp³-hybridized carbons (Fsp3) is 0.700. The van der Waals surface area contributed by atoms with Crippen molar-refractivity contribution in [3.8, 4) is 11.3 Å². The first-order valence-electron chi connectivity index (χ1n) is 15.3. The zero-order valence-corrected chi connectivity index (χ0v) is 27.6. The van der Waals surface area contributed by atoms with E-state index in [0.29, 0.717) is 49.3 Å². The van der Waals surface area contributed by atoms with Gasteiger partial charge in [-0.15, -0.1) is 0 Å². The molecule has 246 valence electrons. The van der Waals surface area contributed by atoms with Crippen LogP contribution < -0.4 is 0 Å². The number of nitro groups is 1. The molecule has 2 aromatic heterocycles. The van der Waals surface area contributed by atoms with Crippen molar-refractivity contribution in [2.75, 3.05) is 19.8 Å². The summed E-state index contributed by atoms with van der Waals surface area (Å²) >= 11 is 0. The van der Waals surface area contributed by atoms with Gasteiger partial charge >= 0.3 is 18.2 Å². The summed E-state index contributed by atoms with van der Waals surface area (Å²) in [5, 5.41) is 15.1. The number of hydrogen-bond donors (Lipinski definition) is 0. The van der Waals surface area contributed by atoms with E-state index in [4.69, 9.17) is 18.6 Å². The molecule has 0 aromatic carbocycles. The lowest BCUT2D eigenvalue weighted by Crippen LogP contribution is -2.42. The minimum atomic E-state index is -3.07. The Bertz CT molecular complexity index is 1230. The third-order valence-electron chi connectivity index (χ3n) is 8.21. The Balaban J connectivity index is 1.87. The number of carbonyl (C=O) groups is 1. The van der Waals surface area contributed by atoms with E-state index in [1.165, 1.54) is 12.3 Å². The number of ether oxygens (including phenoxy) is 3. The number of nitrogens with zero attached hydrogens (tertiary/aromatic N) is 4. The van der Waals surface area contributed by atoms with Crippen LogP contribution in [0, 0.1) is 16.0 Å². The molecule has 3 heterocycles. The largest absolute Gasteiger partial charge is 0.465 e. The molecule has 2 aromatic rings. The van der Waals surface area contributed by atoms with E-state index in [-0.39, 0.29) is 35.2 Å². The summed E-state index contributed by atoms with van der Waals surface area (Å²) in [6.45, 7) is 10.5. The average Bonchev–Trinajstić information content (AvgIpc) is 3.43. The quantitative estimate of drug-likeness (QED) is 0.0789. The van der Waals surface area contributed by atoms with Gasteiger partial charge in [0.2, 0.25) is 0 Å². The average molecular weight is 641 g/mol. The first-order valence-corrected chi connectivity index (χ1v) is 18.2. The van der Waals surface area contributed by atoms with E-state index in [1.54, 1.807) is 6.07 Å². The minimum Gasteiger partial charge on any atom is -0.465 e. The number of aromatic nitrogens is 3. The molecule has 1 aliphatic rings. The van der Waals surface area contributed by atoms with Crippen molar-refractivity contribution in [1.29, 1.82) is 0 Å². The molecule has 0 spiro atoms. The van der Waals surface area contributed by atoms with Gasteiger partial charge in [-0.2, -0.15) is 18.6 Å². The first-order chi connectivity index (χ1) is 20.7. The van der Waals surface area contributed by atoms with Crippen molar-refractivity contribution in [2.45, 2.75) is 110 Å². The summed E-state index contributed by atoms with van der Waals surface area (Å²) in [6, 6.07) is 3.00. The lowest BCUT2D eigenvalue weighted by atomic mass is 9.99. The van der Waals surface area contributed by atoms with Crippen LogP contribution >= 0.6 is 0 Å². The summed E-state index contributed by atoms with van der Waals surface area (Å²) in [5.74, 6) is -0.819. The highest BCUT2D eigenvalue weighted by Crippen LogP contribution is 2.42. The summed E-state index contributed by atoms with van der Waals surface area (Å²) < 4.78 is 51.7. The summed E-state index contributed by atoms with van der Waals surface area (Å²) in [5.41, 5.74) is -0.189. The van der Waals surface area contributed by atoms with Crippen molar-refractivity contribution in [3.05, 3.63) is 40.3 Å². The van der Waals surface area contributed by atoms with Crippen LogP contribution in [0.2, 0.25) is 18.1 Å². The van der Waals surface area contributed by atoms with Crippen molar-refractivity contribution in [2.24, 2.45) is 5.92 Å². The molecule has 0 saturated carbocycles. The molecule has 3 atom stereocenters. The second kappa shape index (κ2) is 16.0. The van der Waals surface area contributed by atoms with Crippen LogP contribution in [0.25, 0.3) is 11.3 Å². The third kappa shape index (κ3) is 9.59. The Hall–Kier alpha value is -2.81. The maximum absolute atomic E-state index is 13.8. The molecule has 1 saturated heterocycles. The number of rotatable bonds is 16. The van der Waals surface area contributed by atoms with E-state index in [9.17, 15) is 23.7 Å². The lowest BCUT2D eigenvalue weighted by Gasteiger charge is -2.39. The van der Waals surface area contributed by atoms with E-state index in [1.807, 2.05) is 6.92 Å². The van der Waals surface area contributed by atoms with Gasteiger partial charge in [0.05, 0.1) is 35.9 Å². The number of halogens is 2. The summed E-state index contributed by atoms with van der Waals surface area (Å²) in [6.07, 6.45) is 6.35. The normalized spacial score (nSPS) is 17.4. The van der Waals surface area contributed by atoms with E-state index >= 15 is 0 Å². The Morgan fingerprint density at radius 3 is 2.64 bits per heavy atom. The predicted octanol–water partition coefficient (Wildman–Crippen LogP) is 7.59. The van der Waals surface area contributed by atoms with E-state index < -0.39 is 37.5 Å². The highest BCUT2D eigenvalue weighted by atomic mass is 28.4. The highest BCUT2D eigenvalue weighted by molar-refractivity contribution is 6.74. The number of pyridine rings is 1. The molecule has 1 aliphatic heterocycles. The minimum absolute atomic E-state index is 0.143. The second-order valence-corrected chi connectivity index (χ2v) is 17.4. The van der Waals surface area contributed by atoms with Gasteiger partial charge in [0, 0.05) is 18.4 Å². The van der Waals surface area contributed by atoms with Crippen LogP contribution in [0.4, 0.5) is 14.5 Å². The van der Waals surface area contributed by atoms with Crippen molar-refractivity contribution >= 4 is 20.0 Å². The van der Waals surface area contributed by atoms with Gasteiger partial charge < -0.3 is 18.6 Å². The Morgan fingerprint density at radius 2 is 2.02 bits per heavy atom. The summed E-state index contributed by atoms with van der Waals surface area (Å²) in [4.78, 5) is 28.4. The molecule has 14 heteroatoms. The second-order valence-electron chi connectivity index (χ2n) is 12.6. The fourth-order valence-electron chi connectivity index (χ4n) is 4.69. The topological polar surface area (TPSA) is 128 Å². The van der Waals surface area contributed by atoms with Gasteiger partial charge in [0.15, 0.2) is 20.3 Å². The Morgan fingerprint density at radius 1 is 1.27 bits per heavy atom. The SMILES string of the molecule is CCCOC(=O)[C@@H](CCC[C@H](O[Si](C)(C)C(C)(C)C)c1cc(-c2c([N+](=O)[O-])cnn2C(F)F)ccn1)COC1CCCCO1. The van der Waals surface area contributed by atoms with Crippen LogP contribution in [-0.2, 0) is 23.4 Å². The molecule has 1 fully saturated rings. The summed E-state index contributed by atoms with van der Waals surface area (Å²) in [7, 11) is -2.36. The van der Waals surface area contributed by atoms with Gasteiger partial charge in [0.25, 0.3) is 0 Å². The standard InChI is InChI=1S/C30H46F2N4O7Si/c1-7-16-41-28(37)22(20-42-26-13-8-9-17-40-26)11-10-12-25(43-44(5,6)30(2,3)4)23-18-21(14-15-33-23)27-24(36(38)39)19-34-35(27)29(31)32/h14-15,18-19,22,25-26,29H,7-13,16-17,20H2,1-6H3/t22-,25-,26?/m0/s1. The third-order valence-corrected chi connectivity index (χ3v) is 12.7. The van der Waals surface area contributed by atoms with Gasteiger partial charge in [0.1, 0.15) is 6.20 Å². The Kier molecular flexibility index (Phi) is 12.9. The van der Waals surface area contributed by atoms with Crippen molar-refractivity contribution in [3.63, 3.8) is 0 Å². The van der Waals surface area contributed by atoms with Gasteiger partial charge in [-0.05, 0) is 75.2 Å². The molecule has 0 radical (unpaired) electrons. The van der Waals surface area contributed by atoms with Gasteiger partial charge in [-0.1, -0.05) is 27.7 Å². The van der Waals surface area contributed by atoms with Gasteiger partial charge in [-0.3, -0.25) is 19.9 Å². The first kappa shape index (κ1) is 35.7. The van der Waals surface area contributed by atoms with Crippen LogP contribution in [0.1, 0.15) is 91.0 Å². The molecule has 0 N–H and O–H groups in total. The number of carbonyl (C=O) groups excluding carboxylic acids is 1. The van der Waals surface area contributed by atoms with Crippen LogP contribution in [-0.4, -0.2) is 60.1 Å². The molecule has 44 heavy (non-hydrogen) atoms. The molecule has 0 aliphatic carbocycles. The van der Waals surface area contributed by atoms with Crippen LogP contribution in [0.3, 0.4) is 0 Å². The number of alkyl halides is 2. The number of hydrogen-bond acceptors (Lipinski definition) is 9. The number of esters is 1. The molecule has 3 rings (SSSR count). The molecular weight excluding hydrogens is 594 g/mol. The van der Waals surface area contributed by atoms with E-state index in [2.05, 4.69) is 43.9 Å². The molecule has 11 nitrogen and oxygen atoms in total. The fourth-order valence-corrected chi connectivity index (χ4v) is 6.00. The monoisotopic (exact) mass is 640 g/mol. The maximum atomic E-state index is 13.8. The smallest absolute Gasteiger partial charge is 0.334 e. The van der Waals surface area contributed by atoms with E-state index in [0.717, 1.165) is 25.5 Å². The van der Waals surface area contributed by atoms with Crippen molar-refractivity contribution in [1.82, 2.24) is 14.8 Å². The van der Waals surface area contributed by atoms with Crippen LogP contribution in [0.15, 0.2) is 24.5 Å². The molecular formula is C30H46F2N4O7Si.